The highest BCUT2D eigenvalue weighted by atomic mass is 32.2. The Labute approximate surface area is 126 Å². The molecule has 0 saturated heterocycles. The van der Waals surface area contributed by atoms with Gasteiger partial charge in [0.1, 0.15) is 0 Å². The van der Waals surface area contributed by atoms with Crippen LogP contribution in [0.5, 0.6) is 0 Å². The average Bonchev–Trinajstić information content (AvgIpc) is 2.43. The molecular weight excluding hydrogens is 294 g/mol. The number of hydrogen-bond donors (Lipinski definition) is 2. The molecule has 114 valence electrons. The van der Waals surface area contributed by atoms with Gasteiger partial charge in [-0.1, -0.05) is 37.3 Å². The van der Waals surface area contributed by atoms with Crippen molar-refractivity contribution in [2.24, 2.45) is 0 Å². The summed E-state index contributed by atoms with van der Waals surface area (Å²) < 4.78 is 26.5. The Morgan fingerprint density at radius 3 is 2.60 bits per heavy atom. The highest BCUT2D eigenvalue weighted by molar-refractivity contribution is 7.99. The van der Waals surface area contributed by atoms with Gasteiger partial charge in [-0.25, -0.2) is 13.1 Å². The highest BCUT2D eigenvalue weighted by Gasteiger charge is 2.16. The van der Waals surface area contributed by atoms with Crippen molar-refractivity contribution in [2.45, 2.75) is 19.3 Å². The minimum atomic E-state index is -3.23. The van der Waals surface area contributed by atoms with Crippen LogP contribution in [-0.2, 0) is 10.0 Å². The number of aliphatic hydroxyl groups is 1. The summed E-state index contributed by atoms with van der Waals surface area (Å²) in [5.74, 6) is 1.69. The molecule has 0 fully saturated rings. The lowest BCUT2D eigenvalue weighted by Crippen LogP contribution is -2.30. The van der Waals surface area contributed by atoms with E-state index in [0.29, 0.717) is 6.54 Å². The molecule has 20 heavy (non-hydrogen) atoms. The van der Waals surface area contributed by atoms with Crippen LogP contribution < -0.4 is 4.72 Å². The van der Waals surface area contributed by atoms with Crippen LogP contribution in [0.25, 0.3) is 0 Å². The Morgan fingerprint density at radius 2 is 1.95 bits per heavy atom. The Balaban J connectivity index is 2.31. The van der Waals surface area contributed by atoms with Crippen LogP contribution in [0.2, 0.25) is 0 Å². The number of nitrogens with one attached hydrogen (secondary N) is 1. The topological polar surface area (TPSA) is 66.4 Å². The third kappa shape index (κ3) is 7.28. The zero-order chi connectivity index (χ0) is 14.8. The lowest BCUT2D eigenvalue weighted by molar-refractivity contribution is 0.296. The molecule has 0 aromatic heterocycles. The third-order valence-corrected chi connectivity index (χ3v) is 5.51. The summed E-state index contributed by atoms with van der Waals surface area (Å²) in [5.41, 5.74) is 1.04. The SMILES string of the molecule is CC(CS(=O)(=O)NCCSCCCO)c1ccccc1. The fourth-order valence-corrected chi connectivity index (χ4v) is 4.10. The number of thioether (sulfide) groups is 1. The minimum Gasteiger partial charge on any atom is -0.396 e. The van der Waals surface area contributed by atoms with Gasteiger partial charge in [0.2, 0.25) is 10.0 Å². The maximum Gasteiger partial charge on any atom is 0.212 e. The maximum absolute atomic E-state index is 11.9. The normalized spacial score (nSPS) is 13.3. The molecule has 1 rings (SSSR count). The van der Waals surface area contributed by atoms with E-state index in [1.165, 1.54) is 0 Å². The highest BCUT2D eigenvalue weighted by Crippen LogP contribution is 2.16. The number of hydrogen-bond acceptors (Lipinski definition) is 4. The van der Waals surface area contributed by atoms with Crippen molar-refractivity contribution in [1.82, 2.24) is 4.72 Å². The standard InChI is InChI=1S/C14H23NO3S2/c1-13(14-6-3-2-4-7-14)12-20(17,18)15-8-11-19-10-5-9-16/h2-4,6-7,13,15-16H,5,8-12H2,1H3. The fourth-order valence-electron chi connectivity index (χ4n) is 1.80. The van der Waals surface area contributed by atoms with E-state index in [2.05, 4.69) is 4.72 Å². The van der Waals surface area contributed by atoms with Crippen LogP contribution in [0.15, 0.2) is 30.3 Å². The van der Waals surface area contributed by atoms with Crippen LogP contribution in [0, 0.1) is 0 Å². The van der Waals surface area contributed by atoms with Crippen molar-refractivity contribution >= 4 is 21.8 Å². The largest absolute Gasteiger partial charge is 0.396 e. The zero-order valence-electron chi connectivity index (χ0n) is 11.8. The van der Waals surface area contributed by atoms with E-state index in [1.807, 2.05) is 37.3 Å². The molecule has 1 aromatic rings. The Hall–Kier alpha value is -0.560. The van der Waals surface area contributed by atoms with E-state index >= 15 is 0 Å². The summed E-state index contributed by atoms with van der Waals surface area (Å²) in [7, 11) is -3.23. The molecule has 2 N–H and O–H groups in total. The minimum absolute atomic E-state index is 0.0178. The smallest absolute Gasteiger partial charge is 0.212 e. The van der Waals surface area contributed by atoms with Gasteiger partial charge in [-0.15, -0.1) is 0 Å². The van der Waals surface area contributed by atoms with E-state index in [1.54, 1.807) is 11.8 Å². The van der Waals surface area contributed by atoms with E-state index in [4.69, 9.17) is 5.11 Å². The van der Waals surface area contributed by atoms with Gasteiger partial charge in [-0.2, -0.15) is 11.8 Å². The van der Waals surface area contributed by atoms with Crippen LogP contribution in [0.4, 0.5) is 0 Å². The van der Waals surface area contributed by atoms with Gasteiger partial charge < -0.3 is 5.11 Å². The average molecular weight is 317 g/mol. The van der Waals surface area contributed by atoms with Crippen LogP contribution in [0.1, 0.15) is 24.8 Å². The molecule has 0 radical (unpaired) electrons. The molecule has 0 aliphatic heterocycles. The number of rotatable bonds is 10. The summed E-state index contributed by atoms with van der Waals surface area (Å²) in [5, 5.41) is 8.63. The second kappa shape index (κ2) is 9.39. The summed E-state index contributed by atoms with van der Waals surface area (Å²) in [6, 6.07) is 9.66. The maximum atomic E-state index is 11.9. The van der Waals surface area contributed by atoms with Gasteiger partial charge in [0.05, 0.1) is 5.75 Å². The van der Waals surface area contributed by atoms with Crippen molar-refractivity contribution in [2.75, 3.05) is 30.4 Å². The molecule has 0 saturated carbocycles. The van der Waals surface area contributed by atoms with Crippen molar-refractivity contribution in [3.05, 3.63) is 35.9 Å². The lowest BCUT2D eigenvalue weighted by atomic mass is 10.0. The van der Waals surface area contributed by atoms with E-state index < -0.39 is 10.0 Å². The van der Waals surface area contributed by atoms with Crippen LogP contribution >= 0.6 is 11.8 Å². The second-order valence-corrected chi connectivity index (χ2v) is 7.75. The summed E-state index contributed by atoms with van der Waals surface area (Å²) in [6.07, 6.45) is 0.752. The predicted octanol–water partition coefficient (Wildman–Crippen LogP) is 1.83. The van der Waals surface area contributed by atoms with Gasteiger partial charge in [0.25, 0.3) is 0 Å². The first-order chi connectivity index (χ1) is 9.55. The van der Waals surface area contributed by atoms with Crippen molar-refractivity contribution < 1.29 is 13.5 Å². The van der Waals surface area contributed by atoms with E-state index in [0.717, 1.165) is 23.5 Å². The first kappa shape index (κ1) is 17.5. The monoisotopic (exact) mass is 317 g/mol. The predicted molar refractivity (Wildman–Crippen MR) is 85.7 cm³/mol. The quantitative estimate of drug-likeness (QED) is 0.646. The first-order valence-corrected chi connectivity index (χ1v) is 9.57. The summed E-state index contributed by atoms with van der Waals surface area (Å²) >= 11 is 1.65. The van der Waals surface area contributed by atoms with Crippen molar-refractivity contribution in [1.29, 1.82) is 0 Å². The Kier molecular flexibility index (Phi) is 8.21. The van der Waals surface area contributed by atoms with E-state index in [-0.39, 0.29) is 18.3 Å². The fraction of sp³-hybridized carbons (Fsp3) is 0.571. The van der Waals surface area contributed by atoms with Gasteiger partial charge in [0, 0.05) is 18.9 Å². The number of aliphatic hydroxyl groups excluding tert-OH is 1. The first-order valence-electron chi connectivity index (χ1n) is 6.76. The van der Waals surface area contributed by atoms with Crippen LogP contribution in [0.3, 0.4) is 0 Å². The molecule has 0 spiro atoms. The summed E-state index contributed by atoms with van der Waals surface area (Å²) in [4.78, 5) is 0. The molecule has 6 heteroatoms. The Morgan fingerprint density at radius 1 is 1.25 bits per heavy atom. The molecular formula is C14H23NO3S2. The lowest BCUT2D eigenvalue weighted by Gasteiger charge is -2.13. The molecule has 0 aliphatic rings. The van der Waals surface area contributed by atoms with Gasteiger partial charge in [0.15, 0.2) is 0 Å². The molecule has 1 atom stereocenters. The summed E-state index contributed by atoms with van der Waals surface area (Å²) in [6.45, 7) is 2.55. The van der Waals surface area contributed by atoms with E-state index in [9.17, 15) is 8.42 Å². The molecule has 1 aromatic carbocycles. The number of benzene rings is 1. The van der Waals surface area contributed by atoms with Crippen molar-refractivity contribution in [3.8, 4) is 0 Å². The van der Waals surface area contributed by atoms with Gasteiger partial charge in [-0.05, 0) is 23.7 Å². The molecule has 1 unspecified atom stereocenters. The molecule has 0 amide bonds. The van der Waals surface area contributed by atoms with Gasteiger partial charge in [-0.3, -0.25) is 0 Å². The van der Waals surface area contributed by atoms with Crippen molar-refractivity contribution in [3.63, 3.8) is 0 Å². The molecule has 0 heterocycles. The molecule has 0 aliphatic carbocycles. The van der Waals surface area contributed by atoms with Crippen LogP contribution in [-0.4, -0.2) is 43.9 Å². The number of sulfonamides is 1. The third-order valence-electron chi connectivity index (χ3n) is 2.85. The molecule has 4 nitrogen and oxygen atoms in total. The second-order valence-electron chi connectivity index (χ2n) is 4.68. The Bertz CT molecular complexity index is 463. The zero-order valence-corrected chi connectivity index (χ0v) is 13.4. The van der Waals surface area contributed by atoms with Gasteiger partial charge >= 0.3 is 0 Å². The molecule has 0 bridgehead atoms.